The van der Waals surface area contributed by atoms with Crippen LogP contribution in [0, 0.1) is 5.82 Å². The summed E-state index contributed by atoms with van der Waals surface area (Å²) in [5.74, 6) is -0.573. The standard InChI is InChI=1S/C19H17F2N5O3S.ClH/c20-6-10(7-22)3-14(26-9-23-25-19(26)28)17-2-1-16(30-17)11-4-13-15(5-12(11)21)29-8-18(27)24-13;/h1-2,4-6,9,14H,3,7-8,22H2,(H,24,27)(H,25,28);1H/b10-6+;. The van der Waals surface area contributed by atoms with E-state index < -0.39 is 17.5 Å². The first-order valence-electron chi connectivity index (χ1n) is 8.96. The molecule has 0 aliphatic carbocycles. The van der Waals surface area contributed by atoms with E-state index in [1.807, 2.05) is 0 Å². The van der Waals surface area contributed by atoms with Crippen molar-refractivity contribution in [2.45, 2.75) is 12.5 Å². The maximum atomic E-state index is 14.7. The van der Waals surface area contributed by atoms with Gasteiger partial charge >= 0.3 is 5.69 Å². The van der Waals surface area contributed by atoms with Crippen LogP contribution in [-0.2, 0) is 4.79 Å². The number of fused-ring (bicyclic) bond motifs is 1. The Kier molecular flexibility index (Phi) is 6.88. The number of hydrogen-bond acceptors (Lipinski definition) is 6. The summed E-state index contributed by atoms with van der Waals surface area (Å²) in [4.78, 5) is 24.9. The zero-order chi connectivity index (χ0) is 21.3. The van der Waals surface area contributed by atoms with E-state index in [1.165, 1.54) is 34.4 Å². The molecule has 1 aromatic carbocycles. The SMILES string of the molecule is Cl.NC/C(=C/F)CC(c1ccc(-c2cc3c(cc2F)OCC(=O)N3)s1)n1cn[nH]c1=O. The van der Waals surface area contributed by atoms with Crippen LogP contribution < -0.4 is 21.5 Å². The van der Waals surface area contributed by atoms with Crippen molar-refractivity contribution in [2.24, 2.45) is 5.73 Å². The number of nitrogens with zero attached hydrogens (tertiary/aromatic N) is 2. The summed E-state index contributed by atoms with van der Waals surface area (Å²) >= 11 is 1.24. The Morgan fingerprint density at radius 3 is 2.87 bits per heavy atom. The number of amides is 1. The molecule has 1 unspecified atom stereocenters. The largest absolute Gasteiger partial charge is 0.481 e. The fraction of sp³-hybridized carbons (Fsp3) is 0.211. The highest BCUT2D eigenvalue weighted by atomic mass is 35.5. The highest BCUT2D eigenvalue weighted by molar-refractivity contribution is 7.15. The Morgan fingerprint density at radius 1 is 1.39 bits per heavy atom. The molecular weight excluding hydrogens is 452 g/mol. The molecule has 4 N–H and O–H groups in total. The minimum Gasteiger partial charge on any atom is -0.481 e. The number of H-pyrrole nitrogens is 1. The minimum atomic E-state index is -0.565. The molecule has 1 amide bonds. The lowest BCUT2D eigenvalue weighted by Crippen LogP contribution is -2.25. The van der Waals surface area contributed by atoms with E-state index >= 15 is 0 Å². The van der Waals surface area contributed by atoms with Gasteiger partial charge < -0.3 is 15.8 Å². The number of ether oxygens (including phenoxy) is 1. The molecule has 8 nitrogen and oxygen atoms in total. The van der Waals surface area contributed by atoms with E-state index in [4.69, 9.17) is 10.5 Å². The number of nitrogens with two attached hydrogens (primary N) is 1. The van der Waals surface area contributed by atoms with Crippen LogP contribution in [0.5, 0.6) is 5.75 Å². The first kappa shape index (κ1) is 22.7. The first-order chi connectivity index (χ1) is 14.5. The molecule has 0 fully saturated rings. The average molecular weight is 470 g/mol. The van der Waals surface area contributed by atoms with Crippen molar-refractivity contribution in [3.63, 3.8) is 0 Å². The summed E-state index contributed by atoms with van der Waals surface area (Å²) in [5.41, 5.74) is 6.10. The molecule has 0 spiro atoms. The van der Waals surface area contributed by atoms with Crippen LogP contribution in [-0.4, -0.2) is 33.8 Å². The fourth-order valence-electron chi connectivity index (χ4n) is 3.20. The predicted octanol–water partition coefficient (Wildman–Crippen LogP) is 2.98. The summed E-state index contributed by atoms with van der Waals surface area (Å²) in [6.45, 7) is -0.168. The number of aromatic nitrogens is 3. The normalized spacial score (nSPS) is 14.3. The van der Waals surface area contributed by atoms with Gasteiger partial charge in [-0.2, -0.15) is 5.10 Å². The number of thiophene rings is 1. The fourth-order valence-corrected chi connectivity index (χ4v) is 4.33. The highest BCUT2D eigenvalue weighted by Crippen LogP contribution is 2.40. The predicted molar refractivity (Wildman–Crippen MR) is 115 cm³/mol. The third kappa shape index (κ3) is 4.53. The summed E-state index contributed by atoms with van der Waals surface area (Å²) in [5, 5.41) is 8.70. The van der Waals surface area contributed by atoms with Crippen molar-refractivity contribution in [1.29, 1.82) is 0 Å². The van der Waals surface area contributed by atoms with E-state index in [0.717, 1.165) is 0 Å². The van der Waals surface area contributed by atoms with Gasteiger partial charge in [0.15, 0.2) is 6.61 Å². The number of rotatable bonds is 6. The molecule has 4 rings (SSSR count). The molecule has 1 aliphatic heterocycles. The Labute approximate surface area is 185 Å². The van der Waals surface area contributed by atoms with Gasteiger partial charge in [0.1, 0.15) is 17.9 Å². The minimum absolute atomic E-state index is 0. The van der Waals surface area contributed by atoms with Gasteiger partial charge in [0.05, 0.1) is 18.1 Å². The second-order valence-corrected chi connectivity index (χ2v) is 7.74. The molecular formula is C19H18ClF2N5O3S. The van der Waals surface area contributed by atoms with Crippen molar-refractivity contribution >= 4 is 35.3 Å². The quantitative estimate of drug-likeness (QED) is 0.513. The van der Waals surface area contributed by atoms with Gasteiger partial charge in [-0.3, -0.25) is 9.36 Å². The Balaban J connectivity index is 0.00000272. The van der Waals surface area contributed by atoms with E-state index in [0.29, 0.717) is 27.3 Å². The van der Waals surface area contributed by atoms with Crippen molar-refractivity contribution < 1.29 is 18.3 Å². The van der Waals surface area contributed by atoms with Crippen molar-refractivity contribution in [1.82, 2.24) is 14.8 Å². The summed E-state index contributed by atoms with van der Waals surface area (Å²) in [6.07, 6.45) is 1.91. The van der Waals surface area contributed by atoms with Crippen LogP contribution in [0.4, 0.5) is 14.5 Å². The van der Waals surface area contributed by atoms with Crippen LogP contribution in [0.25, 0.3) is 10.4 Å². The lowest BCUT2D eigenvalue weighted by atomic mass is 10.1. The summed E-state index contributed by atoms with van der Waals surface area (Å²) in [7, 11) is 0. The van der Waals surface area contributed by atoms with Gasteiger partial charge in [0.25, 0.3) is 5.91 Å². The topological polar surface area (TPSA) is 115 Å². The molecule has 3 heterocycles. The molecule has 0 saturated heterocycles. The van der Waals surface area contributed by atoms with Crippen molar-refractivity contribution in [3.8, 4) is 16.2 Å². The second kappa shape index (κ2) is 9.41. The number of hydrogen-bond donors (Lipinski definition) is 3. The number of carbonyl (C=O) groups is 1. The molecule has 164 valence electrons. The number of benzene rings is 1. The summed E-state index contributed by atoms with van der Waals surface area (Å²) < 4.78 is 34.4. The van der Waals surface area contributed by atoms with Gasteiger partial charge in [-0.25, -0.2) is 18.7 Å². The monoisotopic (exact) mass is 469 g/mol. The first-order valence-corrected chi connectivity index (χ1v) is 9.77. The number of aromatic amines is 1. The number of halogens is 3. The molecule has 31 heavy (non-hydrogen) atoms. The van der Waals surface area contributed by atoms with Gasteiger partial charge in [-0.1, -0.05) is 0 Å². The average Bonchev–Trinajstić information content (AvgIpc) is 3.38. The van der Waals surface area contributed by atoms with E-state index in [-0.39, 0.29) is 49.2 Å². The number of carbonyl (C=O) groups excluding carboxylic acids is 1. The smallest absolute Gasteiger partial charge is 0.343 e. The summed E-state index contributed by atoms with van der Waals surface area (Å²) in [6, 6.07) is 5.60. The zero-order valence-corrected chi connectivity index (χ0v) is 17.6. The lowest BCUT2D eigenvalue weighted by Gasteiger charge is -2.19. The molecule has 2 aromatic heterocycles. The number of nitrogens with one attached hydrogen (secondary N) is 2. The van der Waals surface area contributed by atoms with Crippen LogP contribution in [0.15, 0.2) is 47.3 Å². The lowest BCUT2D eigenvalue weighted by molar-refractivity contribution is -0.118. The van der Waals surface area contributed by atoms with Crippen molar-refractivity contribution in [2.75, 3.05) is 18.5 Å². The van der Waals surface area contributed by atoms with Crippen LogP contribution >= 0.6 is 23.7 Å². The second-order valence-electron chi connectivity index (χ2n) is 6.63. The van der Waals surface area contributed by atoms with Crippen molar-refractivity contribution in [3.05, 3.63) is 63.7 Å². The molecule has 1 aliphatic rings. The van der Waals surface area contributed by atoms with E-state index in [9.17, 15) is 18.4 Å². The third-order valence-electron chi connectivity index (χ3n) is 4.71. The highest BCUT2D eigenvalue weighted by Gasteiger charge is 2.23. The molecule has 0 radical (unpaired) electrons. The van der Waals surface area contributed by atoms with E-state index in [2.05, 4.69) is 15.5 Å². The van der Waals surface area contributed by atoms with Crippen LogP contribution in [0.2, 0.25) is 0 Å². The van der Waals surface area contributed by atoms with Gasteiger partial charge in [0, 0.05) is 27.9 Å². The maximum absolute atomic E-state index is 14.7. The Bertz CT molecular complexity index is 1190. The molecule has 1 atom stereocenters. The van der Waals surface area contributed by atoms with Gasteiger partial charge in [0.2, 0.25) is 0 Å². The maximum Gasteiger partial charge on any atom is 0.343 e. The van der Waals surface area contributed by atoms with E-state index in [1.54, 1.807) is 12.1 Å². The molecule has 0 bridgehead atoms. The molecule has 3 aromatic rings. The van der Waals surface area contributed by atoms with Gasteiger partial charge in [-0.05, 0) is 30.2 Å². The Hall–Kier alpha value is -3.02. The zero-order valence-electron chi connectivity index (χ0n) is 15.9. The van der Waals surface area contributed by atoms with Crippen LogP contribution in [0.1, 0.15) is 17.3 Å². The third-order valence-corrected chi connectivity index (χ3v) is 5.93. The molecule has 0 saturated carbocycles. The number of anilines is 1. The van der Waals surface area contributed by atoms with Gasteiger partial charge in [-0.15, -0.1) is 23.7 Å². The van der Waals surface area contributed by atoms with Crippen LogP contribution in [0.3, 0.4) is 0 Å². The Morgan fingerprint density at radius 2 is 2.19 bits per heavy atom. The molecule has 12 heteroatoms.